The second-order valence-corrected chi connectivity index (χ2v) is 4.95. The lowest BCUT2D eigenvalue weighted by Crippen LogP contribution is -2.43. The van der Waals surface area contributed by atoms with Crippen molar-refractivity contribution in [2.75, 3.05) is 20.8 Å². The largest absolute Gasteiger partial charge is 0.497 e. The van der Waals surface area contributed by atoms with Gasteiger partial charge in [-0.2, -0.15) is 0 Å². The minimum Gasteiger partial charge on any atom is -0.497 e. The number of benzene rings is 1. The van der Waals surface area contributed by atoms with E-state index in [1.54, 1.807) is 13.2 Å². The third-order valence-corrected chi connectivity index (χ3v) is 3.13. The summed E-state index contributed by atoms with van der Waals surface area (Å²) in [5.41, 5.74) is 0.740. The van der Waals surface area contributed by atoms with E-state index in [-0.39, 0.29) is 18.4 Å². The highest BCUT2D eigenvalue weighted by Crippen LogP contribution is 2.19. The van der Waals surface area contributed by atoms with E-state index in [1.165, 1.54) is 7.11 Å². The van der Waals surface area contributed by atoms with Crippen molar-refractivity contribution >= 4 is 5.97 Å². The van der Waals surface area contributed by atoms with Gasteiger partial charge in [0.2, 0.25) is 0 Å². The van der Waals surface area contributed by atoms with Crippen LogP contribution in [-0.4, -0.2) is 37.9 Å². The van der Waals surface area contributed by atoms with Crippen molar-refractivity contribution in [2.45, 2.75) is 26.0 Å². The molecule has 2 unspecified atom stereocenters. The molecule has 0 heterocycles. The van der Waals surface area contributed by atoms with Gasteiger partial charge in [0, 0.05) is 6.54 Å². The van der Waals surface area contributed by atoms with E-state index in [2.05, 4.69) is 5.32 Å². The quantitative estimate of drug-likeness (QED) is 0.742. The number of nitrogens with one attached hydrogen (secondary N) is 1. The van der Waals surface area contributed by atoms with Crippen molar-refractivity contribution in [1.82, 2.24) is 5.32 Å². The van der Waals surface area contributed by atoms with Gasteiger partial charge in [-0.1, -0.05) is 26.0 Å². The summed E-state index contributed by atoms with van der Waals surface area (Å²) >= 11 is 0. The molecule has 0 bridgehead atoms. The molecule has 0 aliphatic heterocycles. The van der Waals surface area contributed by atoms with Gasteiger partial charge in [-0.05, 0) is 23.6 Å². The van der Waals surface area contributed by atoms with Gasteiger partial charge < -0.3 is 19.9 Å². The van der Waals surface area contributed by atoms with Crippen LogP contribution < -0.4 is 10.1 Å². The molecule has 5 heteroatoms. The number of ether oxygens (including phenoxy) is 2. The van der Waals surface area contributed by atoms with Crippen LogP contribution in [0.3, 0.4) is 0 Å². The van der Waals surface area contributed by atoms with Crippen LogP contribution in [0.15, 0.2) is 24.3 Å². The number of rotatable bonds is 7. The molecule has 1 aromatic rings. The van der Waals surface area contributed by atoms with Crippen molar-refractivity contribution in [3.8, 4) is 5.75 Å². The Kier molecular flexibility index (Phi) is 6.48. The van der Waals surface area contributed by atoms with Crippen LogP contribution in [-0.2, 0) is 9.53 Å². The van der Waals surface area contributed by atoms with E-state index >= 15 is 0 Å². The van der Waals surface area contributed by atoms with Crippen LogP contribution in [0.5, 0.6) is 5.75 Å². The fourth-order valence-corrected chi connectivity index (χ4v) is 1.92. The fraction of sp³-hybridized carbons (Fsp3) is 0.533. The molecule has 0 saturated heterocycles. The van der Waals surface area contributed by atoms with E-state index < -0.39 is 12.1 Å². The monoisotopic (exact) mass is 281 g/mol. The Bertz CT molecular complexity index is 434. The predicted molar refractivity (Wildman–Crippen MR) is 76.6 cm³/mol. The summed E-state index contributed by atoms with van der Waals surface area (Å²) in [4.78, 5) is 11.6. The van der Waals surface area contributed by atoms with Crippen molar-refractivity contribution in [3.63, 3.8) is 0 Å². The molecule has 0 aliphatic rings. The molecule has 0 saturated carbocycles. The minimum absolute atomic E-state index is 0.0833. The summed E-state index contributed by atoms with van der Waals surface area (Å²) in [6, 6.07) is 6.79. The highest BCUT2D eigenvalue weighted by molar-refractivity contribution is 5.75. The molecule has 0 aliphatic carbocycles. The van der Waals surface area contributed by atoms with Crippen LogP contribution in [0.2, 0.25) is 0 Å². The maximum absolute atomic E-state index is 11.6. The molecule has 0 amide bonds. The Morgan fingerprint density at radius 3 is 2.60 bits per heavy atom. The summed E-state index contributed by atoms with van der Waals surface area (Å²) in [5, 5.41) is 13.2. The second kappa shape index (κ2) is 7.87. The zero-order valence-corrected chi connectivity index (χ0v) is 12.4. The van der Waals surface area contributed by atoms with Crippen LogP contribution in [0.4, 0.5) is 0 Å². The Labute approximate surface area is 119 Å². The van der Waals surface area contributed by atoms with Crippen LogP contribution in [0, 0.1) is 5.92 Å². The summed E-state index contributed by atoms with van der Waals surface area (Å²) in [6.45, 7) is 4.12. The first kappa shape index (κ1) is 16.5. The minimum atomic E-state index is -0.712. The summed E-state index contributed by atoms with van der Waals surface area (Å²) in [7, 11) is 2.94. The predicted octanol–water partition coefficient (Wildman–Crippen LogP) is 1.52. The zero-order chi connectivity index (χ0) is 15.1. The van der Waals surface area contributed by atoms with E-state index in [9.17, 15) is 9.90 Å². The second-order valence-electron chi connectivity index (χ2n) is 4.95. The number of carbonyl (C=O) groups is 1. The van der Waals surface area contributed by atoms with Crippen LogP contribution in [0.1, 0.15) is 25.5 Å². The number of hydrogen-bond donors (Lipinski definition) is 2. The van der Waals surface area contributed by atoms with Crippen LogP contribution in [0.25, 0.3) is 0 Å². The van der Waals surface area contributed by atoms with Gasteiger partial charge in [-0.15, -0.1) is 0 Å². The molecule has 0 spiro atoms. The lowest BCUT2D eigenvalue weighted by Gasteiger charge is -2.22. The van der Waals surface area contributed by atoms with Crippen LogP contribution >= 0.6 is 0 Å². The van der Waals surface area contributed by atoms with Gasteiger partial charge in [-0.3, -0.25) is 4.79 Å². The summed E-state index contributed by atoms with van der Waals surface area (Å²) in [6.07, 6.45) is -0.712. The van der Waals surface area contributed by atoms with Crippen molar-refractivity contribution < 1.29 is 19.4 Å². The molecule has 2 atom stereocenters. The lowest BCUT2D eigenvalue weighted by atomic mass is 10.0. The number of esters is 1. The Morgan fingerprint density at radius 2 is 2.05 bits per heavy atom. The molecular formula is C15H23NO4. The third kappa shape index (κ3) is 4.51. The number of carbonyl (C=O) groups excluding carboxylic acids is 1. The maximum atomic E-state index is 11.6. The third-order valence-electron chi connectivity index (χ3n) is 3.13. The highest BCUT2D eigenvalue weighted by atomic mass is 16.5. The molecule has 0 radical (unpaired) electrons. The zero-order valence-electron chi connectivity index (χ0n) is 12.4. The summed E-state index contributed by atoms with van der Waals surface area (Å²) in [5.74, 6) is 0.452. The van der Waals surface area contributed by atoms with E-state index in [1.807, 2.05) is 32.0 Å². The van der Waals surface area contributed by atoms with Gasteiger partial charge in [0.1, 0.15) is 11.8 Å². The Hall–Kier alpha value is -1.59. The first-order valence-corrected chi connectivity index (χ1v) is 6.62. The highest BCUT2D eigenvalue weighted by Gasteiger charge is 2.23. The van der Waals surface area contributed by atoms with E-state index in [0.29, 0.717) is 5.75 Å². The molecule has 5 nitrogen and oxygen atoms in total. The molecular weight excluding hydrogens is 258 g/mol. The SMILES string of the molecule is COC(=O)C(NCC(O)c1cccc(OC)c1)C(C)C. The summed E-state index contributed by atoms with van der Waals surface area (Å²) < 4.78 is 9.86. The molecule has 1 rings (SSSR count). The number of aliphatic hydroxyl groups is 1. The molecule has 2 N–H and O–H groups in total. The standard InChI is InChI=1S/C15H23NO4/c1-10(2)14(15(18)20-4)16-9-13(17)11-6-5-7-12(8-11)19-3/h5-8,10,13-14,16-17H,9H2,1-4H3. The van der Waals surface area contributed by atoms with Crippen molar-refractivity contribution in [1.29, 1.82) is 0 Å². The Balaban J connectivity index is 2.65. The topological polar surface area (TPSA) is 67.8 Å². The molecule has 0 aromatic heterocycles. The van der Waals surface area contributed by atoms with Gasteiger partial charge in [0.15, 0.2) is 0 Å². The Morgan fingerprint density at radius 1 is 1.35 bits per heavy atom. The average Bonchev–Trinajstić information content (AvgIpc) is 2.46. The number of hydrogen-bond acceptors (Lipinski definition) is 5. The normalized spacial score (nSPS) is 13.9. The van der Waals surface area contributed by atoms with Gasteiger partial charge >= 0.3 is 5.97 Å². The molecule has 112 valence electrons. The molecule has 20 heavy (non-hydrogen) atoms. The smallest absolute Gasteiger partial charge is 0.323 e. The van der Waals surface area contributed by atoms with Gasteiger partial charge in [0.25, 0.3) is 0 Å². The number of aliphatic hydroxyl groups excluding tert-OH is 1. The molecule has 0 fully saturated rings. The van der Waals surface area contributed by atoms with Crippen molar-refractivity contribution in [3.05, 3.63) is 29.8 Å². The fourth-order valence-electron chi connectivity index (χ4n) is 1.92. The van der Waals surface area contributed by atoms with Gasteiger partial charge in [0.05, 0.1) is 20.3 Å². The lowest BCUT2D eigenvalue weighted by molar-refractivity contribution is -0.144. The average molecular weight is 281 g/mol. The molecule has 1 aromatic carbocycles. The number of methoxy groups -OCH3 is 2. The first-order chi connectivity index (χ1) is 9.49. The van der Waals surface area contributed by atoms with Crippen molar-refractivity contribution in [2.24, 2.45) is 5.92 Å². The first-order valence-electron chi connectivity index (χ1n) is 6.62. The van der Waals surface area contributed by atoms with E-state index in [0.717, 1.165) is 5.56 Å². The maximum Gasteiger partial charge on any atom is 0.323 e. The van der Waals surface area contributed by atoms with E-state index in [4.69, 9.17) is 9.47 Å². The van der Waals surface area contributed by atoms with Gasteiger partial charge in [-0.25, -0.2) is 0 Å².